The Morgan fingerprint density at radius 2 is 1.90 bits per heavy atom. The third-order valence-electron chi connectivity index (χ3n) is 4.02. The van der Waals surface area contributed by atoms with Crippen molar-refractivity contribution in [2.45, 2.75) is 38.9 Å². The van der Waals surface area contributed by atoms with Gasteiger partial charge in [-0.3, -0.25) is 4.68 Å². The van der Waals surface area contributed by atoms with Gasteiger partial charge >= 0.3 is 7.12 Å². The second kappa shape index (κ2) is 4.91. The highest BCUT2D eigenvalue weighted by Crippen LogP contribution is 2.38. The standard InChI is InChI=1S/C13H23BN4O2/c1-12(2)13(3,4)20-14(19-12)10(7-15)6-9-8-18(5)17-11(9)16/h6,8H,7,15H2,1-5H3,(H2,16,17). The summed E-state index contributed by atoms with van der Waals surface area (Å²) in [4.78, 5) is 0. The predicted molar refractivity (Wildman–Crippen MR) is 80.7 cm³/mol. The first-order valence-corrected chi connectivity index (χ1v) is 6.71. The summed E-state index contributed by atoms with van der Waals surface area (Å²) in [5.41, 5.74) is 12.6. The summed E-state index contributed by atoms with van der Waals surface area (Å²) in [5, 5.41) is 4.11. The predicted octanol–water partition coefficient (Wildman–Crippen LogP) is 0.976. The molecule has 0 spiro atoms. The molecule has 2 rings (SSSR count). The summed E-state index contributed by atoms with van der Waals surface area (Å²) in [7, 11) is 1.37. The Kier molecular flexibility index (Phi) is 3.70. The second-order valence-corrected chi connectivity index (χ2v) is 6.15. The molecular formula is C13H23BN4O2. The Morgan fingerprint density at radius 1 is 1.35 bits per heavy atom. The highest BCUT2D eigenvalue weighted by Gasteiger charge is 2.52. The molecule has 6 nitrogen and oxygen atoms in total. The van der Waals surface area contributed by atoms with Crippen LogP contribution in [0.1, 0.15) is 33.3 Å². The van der Waals surface area contributed by atoms with E-state index < -0.39 is 7.12 Å². The zero-order valence-electron chi connectivity index (χ0n) is 12.8. The van der Waals surface area contributed by atoms with Crippen molar-refractivity contribution in [1.82, 2.24) is 9.78 Å². The van der Waals surface area contributed by atoms with Crippen molar-refractivity contribution < 1.29 is 9.31 Å². The molecule has 1 aliphatic rings. The number of aromatic nitrogens is 2. The topological polar surface area (TPSA) is 88.3 Å². The van der Waals surface area contributed by atoms with Crippen molar-refractivity contribution in [1.29, 1.82) is 0 Å². The molecule has 0 bridgehead atoms. The van der Waals surface area contributed by atoms with E-state index in [4.69, 9.17) is 20.8 Å². The fourth-order valence-electron chi connectivity index (χ4n) is 2.05. The molecule has 0 atom stereocenters. The van der Waals surface area contributed by atoms with Crippen LogP contribution in [0.5, 0.6) is 0 Å². The summed E-state index contributed by atoms with van der Waals surface area (Å²) in [6, 6.07) is 0. The van der Waals surface area contributed by atoms with E-state index in [2.05, 4.69) is 5.10 Å². The van der Waals surface area contributed by atoms with E-state index in [-0.39, 0.29) is 11.2 Å². The Balaban J connectivity index is 2.29. The van der Waals surface area contributed by atoms with E-state index in [9.17, 15) is 0 Å². The van der Waals surface area contributed by atoms with Crippen molar-refractivity contribution in [2.75, 3.05) is 12.3 Å². The first kappa shape index (κ1) is 15.1. The first-order chi connectivity index (χ1) is 9.16. The second-order valence-electron chi connectivity index (χ2n) is 6.15. The summed E-state index contributed by atoms with van der Waals surface area (Å²) < 4.78 is 13.7. The molecule has 0 aliphatic carbocycles. The molecule has 7 heteroatoms. The van der Waals surface area contributed by atoms with Gasteiger partial charge in [0.05, 0.1) is 11.2 Å². The maximum Gasteiger partial charge on any atom is 0.491 e. The molecule has 2 heterocycles. The summed E-state index contributed by atoms with van der Waals surface area (Å²) >= 11 is 0. The molecule has 1 fully saturated rings. The van der Waals surface area contributed by atoms with Crippen LogP contribution in [0.15, 0.2) is 11.7 Å². The van der Waals surface area contributed by atoms with Crippen LogP contribution in [-0.4, -0.2) is 34.6 Å². The molecule has 20 heavy (non-hydrogen) atoms. The average molecular weight is 278 g/mol. The lowest BCUT2D eigenvalue weighted by Crippen LogP contribution is -2.41. The Morgan fingerprint density at radius 3 is 2.30 bits per heavy atom. The van der Waals surface area contributed by atoms with E-state index in [1.165, 1.54) is 0 Å². The van der Waals surface area contributed by atoms with Crippen LogP contribution in [0.25, 0.3) is 6.08 Å². The third kappa shape index (κ3) is 2.61. The number of aryl methyl sites for hydroxylation is 1. The van der Waals surface area contributed by atoms with E-state index >= 15 is 0 Å². The minimum Gasteiger partial charge on any atom is -0.400 e. The van der Waals surface area contributed by atoms with Crippen molar-refractivity contribution >= 4 is 19.0 Å². The summed E-state index contributed by atoms with van der Waals surface area (Å²) in [5.74, 6) is 0.468. The molecule has 110 valence electrons. The van der Waals surface area contributed by atoms with Gasteiger partial charge in [-0.05, 0) is 33.2 Å². The van der Waals surface area contributed by atoms with Crippen molar-refractivity contribution in [3.63, 3.8) is 0 Å². The maximum atomic E-state index is 6.00. The van der Waals surface area contributed by atoms with E-state index in [0.29, 0.717) is 12.4 Å². The van der Waals surface area contributed by atoms with Crippen LogP contribution in [0.4, 0.5) is 5.82 Å². The number of hydrogen-bond acceptors (Lipinski definition) is 5. The molecule has 0 saturated carbocycles. The normalized spacial score (nSPS) is 21.5. The van der Waals surface area contributed by atoms with Gasteiger partial charge < -0.3 is 20.8 Å². The molecule has 4 N–H and O–H groups in total. The molecule has 1 aromatic rings. The number of nitrogens with zero attached hydrogens (tertiary/aromatic N) is 2. The van der Waals surface area contributed by atoms with E-state index in [1.807, 2.05) is 47.0 Å². The van der Waals surface area contributed by atoms with Gasteiger partial charge in [0.15, 0.2) is 5.82 Å². The largest absolute Gasteiger partial charge is 0.491 e. The Bertz CT molecular complexity index is 520. The number of anilines is 1. The average Bonchev–Trinajstić information content (AvgIpc) is 2.72. The van der Waals surface area contributed by atoms with Gasteiger partial charge in [0.2, 0.25) is 0 Å². The molecule has 0 unspecified atom stereocenters. The van der Waals surface area contributed by atoms with Gasteiger partial charge in [-0.25, -0.2) is 0 Å². The number of rotatable bonds is 3. The fourth-order valence-corrected chi connectivity index (χ4v) is 2.05. The highest BCUT2D eigenvalue weighted by atomic mass is 16.7. The molecular weight excluding hydrogens is 255 g/mol. The Hall–Kier alpha value is -1.31. The van der Waals surface area contributed by atoms with Gasteiger partial charge in [0.1, 0.15) is 0 Å². The molecule has 0 aromatic carbocycles. The monoisotopic (exact) mass is 278 g/mol. The lowest BCUT2D eigenvalue weighted by atomic mass is 9.77. The van der Waals surface area contributed by atoms with Crippen LogP contribution >= 0.6 is 0 Å². The lowest BCUT2D eigenvalue weighted by molar-refractivity contribution is 0.00578. The minimum absolute atomic E-state index is 0.338. The maximum absolute atomic E-state index is 6.00. The van der Waals surface area contributed by atoms with Gasteiger partial charge in [0.25, 0.3) is 0 Å². The molecule has 0 amide bonds. The van der Waals surface area contributed by atoms with Crippen LogP contribution < -0.4 is 11.5 Å². The van der Waals surface area contributed by atoms with E-state index in [1.54, 1.807) is 4.68 Å². The highest BCUT2D eigenvalue weighted by molar-refractivity contribution is 6.56. The van der Waals surface area contributed by atoms with Crippen molar-refractivity contribution in [3.8, 4) is 0 Å². The minimum atomic E-state index is -0.454. The van der Waals surface area contributed by atoms with Crippen LogP contribution in [-0.2, 0) is 16.4 Å². The summed E-state index contributed by atoms with van der Waals surface area (Å²) in [6.45, 7) is 8.39. The van der Waals surface area contributed by atoms with E-state index in [0.717, 1.165) is 11.0 Å². The Labute approximate surface area is 120 Å². The first-order valence-electron chi connectivity index (χ1n) is 6.71. The van der Waals surface area contributed by atoms with Crippen molar-refractivity contribution in [2.24, 2.45) is 12.8 Å². The van der Waals surface area contributed by atoms with Gasteiger partial charge in [0, 0.05) is 25.4 Å². The lowest BCUT2D eigenvalue weighted by Gasteiger charge is -2.32. The quantitative estimate of drug-likeness (QED) is 0.804. The van der Waals surface area contributed by atoms with Gasteiger partial charge in [-0.15, -0.1) is 0 Å². The number of nitrogens with two attached hydrogens (primary N) is 2. The fraction of sp³-hybridized carbons (Fsp3) is 0.615. The third-order valence-corrected chi connectivity index (χ3v) is 4.02. The number of hydrogen-bond donors (Lipinski definition) is 2. The van der Waals surface area contributed by atoms with Gasteiger partial charge in [-0.2, -0.15) is 5.10 Å². The zero-order chi connectivity index (χ0) is 15.1. The van der Waals surface area contributed by atoms with Crippen LogP contribution in [0.3, 0.4) is 0 Å². The summed E-state index contributed by atoms with van der Waals surface area (Å²) in [6.07, 6.45) is 3.74. The molecule has 1 aliphatic heterocycles. The SMILES string of the molecule is Cn1cc(C=C(CN)B2OC(C)(C)C(C)(C)O2)c(N)n1. The molecule has 1 aromatic heterocycles. The van der Waals surface area contributed by atoms with Crippen molar-refractivity contribution in [3.05, 3.63) is 17.2 Å². The molecule has 0 radical (unpaired) electrons. The number of nitrogen functional groups attached to an aromatic ring is 1. The van der Waals surface area contributed by atoms with Crippen LogP contribution in [0, 0.1) is 0 Å². The van der Waals surface area contributed by atoms with Crippen LogP contribution in [0.2, 0.25) is 0 Å². The zero-order valence-corrected chi connectivity index (χ0v) is 12.8. The molecule has 1 saturated heterocycles. The smallest absolute Gasteiger partial charge is 0.400 e. The van der Waals surface area contributed by atoms with Gasteiger partial charge in [-0.1, -0.05) is 6.08 Å².